The van der Waals surface area contributed by atoms with Gasteiger partial charge >= 0.3 is 0 Å². The second kappa shape index (κ2) is 4.38. The molecule has 15 heavy (non-hydrogen) atoms. The Morgan fingerprint density at radius 2 is 1.73 bits per heavy atom. The summed E-state index contributed by atoms with van der Waals surface area (Å²) in [5.41, 5.74) is 8.25. The highest BCUT2D eigenvalue weighted by atomic mass is 32.1. The summed E-state index contributed by atoms with van der Waals surface area (Å²) in [6.07, 6.45) is 1.86. The minimum Gasteiger partial charge on any atom is -0.353 e. The molecule has 76 valence electrons. The summed E-state index contributed by atoms with van der Waals surface area (Å²) in [7, 11) is 0. The summed E-state index contributed by atoms with van der Waals surface area (Å²) in [5, 5.41) is 0. The van der Waals surface area contributed by atoms with Gasteiger partial charge in [0.05, 0.1) is 6.04 Å². The number of nitrogens with one attached hydrogen (secondary N) is 1. The van der Waals surface area contributed by atoms with Gasteiger partial charge in [-0.15, -0.1) is 0 Å². The van der Waals surface area contributed by atoms with E-state index in [0.717, 1.165) is 15.8 Å². The Morgan fingerprint density at radius 3 is 2.33 bits per heavy atom. The molecule has 0 fully saturated rings. The van der Waals surface area contributed by atoms with Crippen LogP contribution in [-0.4, -0.2) is 4.98 Å². The number of aromatic nitrogens is 1. The third-order valence-corrected chi connectivity index (χ3v) is 2.58. The summed E-state index contributed by atoms with van der Waals surface area (Å²) in [6.45, 7) is 0. The Balaban J connectivity index is 2.32. The van der Waals surface area contributed by atoms with Gasteiger partial charge in [0.25, 0.3) is 0 Å². The fourth-order valence-electron chi connectivity index (χ4n) is 1.47. The first-order chi connectivity index (χ1) is 7.27. The molecule has 2 rings (SSSR count). The van der Waals surface area contributed by atoms with Gasteiger partial charge in [0.2, 0.25) is 0 Å². The highest BCUT2D eigenvalue weighted by molar-refractivity contribution is 7.71. The summed E-state index contributed by atoms with van der Waals surface area (Å²) in [6, 6.07) is 13.7. The van der Waals surface area contributed by atoms with Crippen molar-refractivity contribution < 1.29 is 0 Å². The van der Waals surface area contributed by atoms with Crippen LogP contribution in [0, 0.1) is 4.64 Å². The number of hydrogen-bond donors (Lipinski definition) is 2. The van der Waals surface area contributed by atoms with E-state index in [4.69, 9.17) is 18.0 Å². The third-order valence-electron chi connectivity index (χ3n) is 2.33. The summed E-state index contributed by atoms with van der Waals surface area (Å²) < 4.78 is 0.721. The Kier molecular flexibility index (Phi) is 2.94. The molecule has 1 aromatic heterocycles. The van der Waals surface area contributed by atoms with Gasteiger partial charge in [-0.05, 0) is 17.2 Å². The molecule has 3 N–H and O–H groups in total. The van der Waals surface area contributed by atoms with E-state index < -0.39 is 0 Å². The van der Waals surface area contributed by atoms with E-state index in [0.29, 0.717) is 0 Å². The molecule has 1 heterocycles. The van der Waals surface area contributed by atoms with Crippen LogP contribution in [0.2, 0.25) is 0 Å². The van der Waals surface area contributed by atoms with Crippen molar-refractivity contribution in [2.75, 3.05) is 0 Å². The number of pyridine rings is 1. The summed E-state index contributed by atoms with van der Waals surface area (Å²) >= 11 is 4.98. The van der Waals surface area contributed by atoms with Crippen molar-refractivity contribution in [2.45, 2.75) is 6.04 Å². The molecule has 0 saturated heterocycles. The minimum absolute atomic E-state index is 0.0990. The number of hydrogen-bond acceptors (Lipinski definition) is 2. The van der Waals surface area contributed by atoms with Crippen LogP contribution in [0.15, 0.2) is 48.7 Å². The van der Waals surface area contributed by atoms with Crippen LogP contribution in [0.4, 0.5) is 0 Å². The molecule has 0 amide bonds. The van der Waals surface area contributed by atoms with Crippen molar-refractivity contribution in [3.8, 4) is 0 Å². The van der Waals surface area contributed by atoms with E-state index in [1.165, 1.54) is 0 Å². The maximum absolute atomic E-state index is 6.11. The molecule has 0 saturated carbocycles. The molecule has 1 atom stereocenters. The molecule has 0 unspecified atom stereocenters. The molecule has 0 aliphatic carbocycles. The highest BCUT2D eigenvalue weighted by Crippen LogP contribution is 2.17. The molecule has 0 spiro atoms. The first-order valence-electron chi connectivity index (χ1n) is 4.76. The maximum atomic E-state index is 6.11. The second-order valence-electron chi connectivity index (χ2n) is 3.37. The number of nitrogens with two attached hydrogens (primary N) is 1. The first-order valence-corrected chi connectivity index (χ1v) is 5.17. The van der Waals surface area contributed by atoms with Gasteiger partial charge in [-0.25, -0.2) is 0 Å². The van der Waals surface area contributed by atoms with Crippen LogP contribution in [0.1, 0.15) is 17.2 Å². The van der Waals surface area contributed by atoms with Crippen LogP contribution >= 0.6 is 12.2 Å². The lowest BCUT2D eigenvalue weighted by molar-refractivity contribution is 0.862. The van der Waals surface area contributed by atoms with Gasteiger partial charge < -0.3 is 10.7 Å². The number of H-pyrrole nitrogens is 1. The molecule has 2 aromatic rings. The van der Waals surface area contributed by atoms with E-state index in [1.807, 2.05) is 48.7 Å². The van der Waals surface area contributed by atoms with Crippen LogP contribution in [-0.2, 0) is 0 Å². The van der Waals surface area contributed by atoms with E-state index in [9.17, 15) is 0 Å². The van der Waals surface area contributed by atoms with Crippen molar-refractivity contribution in [2.24, 2.45) is 5.73 Å². The van der Waals surface area contributed by atoms with Gasteiger partial charge in [0.1, 0.15) is 4.64 Å². The Morgan fingerprint density at radius 1 is 1.00 bits per heavy atom. The monoisotopic (exact) mass is 216 g/mol. The van der Waals surface area contributed by atoms with Crippen molar-refractivity contribution >= 4 is 12.2 Å². The van der Waals surface area contributed by atoms with Crippen LogP contribution in [0.25, 0.3) is 0 Å². The number of benzene rings is 1. The quantitative estimate of drug-likeness (QED) is 0.758. The Hall–Kier alpha value is -1.45. The van der Waals surface area contributed by atoms with Crippen molar-refractivity contribution in [3.05, 3.63) is 64.4 Å². The number of rotatable bonds is 2. The molecule has 1 aromatic carbocycles. The van der Waals surface area contributed by atoms with Crippen LogP contribution < -0.4 is 5.73 Å². The fourth-order valence-corrected chi connectivity index (χ4v) is 1.60. The number of aromatic amines is 1. The molecule has 2 nitrogen and oxygen atoms in total. The molecular formula is C12H12N2S. The maximum Gasteiger partial charge on any atom is 0.103 e. The average molecular weight is 216 g/mol. The Labute approximate surface area is 93.8 Å². The predicted octanol–water partition coefficient (Wildman–Crippen LogP) is 2.79. The lowest BCUT2D eigenvalue weighted by atomic mass is 10.0. The lowest BCUT2D eigenvalue weighted by Gasteiger charge is -2.11. The van der Waals surface area contributed by atoms with E-state index in [2.05, 4.69) is 4.98 Å². The molecule has 3 heteroatoms. The summed E-state index contributed by atoms with van der Waals surface area (Å²) in [5.74, 6) is 0. The van der Waals surface area contributed by atoms with Gasteiger partial charge in [-0.2, -0.15) is 0 Å². The van der Waals surface area contributed by atoms with Gasteiger partial charge in [-0.3, -0.25) is 0 Å². The molecule has 0 aliphatic heterocycles. The van der Waals surface area contributed by atoms with Gasteiger partial charge in [-0.1, -0.05) is 48.6 Å². The lowest BCUT2D eigenvalue weighted by Crippen LogP contribution is -2.11. The molecule has 0 aliphatic rings. The van der Waals surface area contributed by atoms with Crippen molar-refractivity contribution in [1.29, 1.82) is 0 Å². The molecular weight excluding hydrogens is 204 g/mol. The van der Waals surface area contributed by atoms with Gasteiger partial charge in [0, 0.05) is 6.20 Å². The fraction of sp³-hybridized carbons (Fsp3) is 0.0833. The molecule has 0 bridgehead atoms. The zero-order valence-corrected chi connectivity index (χ0v) is 9.00. The van der Waals surface area contributed by atoms with E-state index >= 15 is 0 Å². The van der Waals surface area contributed by atoms with Crippen LogP contribution in [0.3, 0.4) is 0 Å². The first kappa shape index (κ1) is 10.1. The highest BCUT2D eigenvalue weighted by Gasteiger charge is 2.06. The smallest absolute Gasteiger partial charge is 0.103 e. The second-order valence-corrected chi connectivity index (χ2v) is 3.81. The largest absolute Gasteiger partial charge is 0.353 e. The Bertz CT molecular complexity index is 470. The average Bonchev–Trinajstić information content (AvgIpc) is 2.30. The SMILES string of the molecule is N[C@H](c1ccccc1)c1ccc(=S)[nH]c1. The van der Waals surface area contributed by atoms with Crippen LogP contribution in [0.5, 0.6) is 0 Å². The zero-order chi connectivity index (χ0) is 10.7. The zero-order valence-electron chi connectivity index (χ0n) is 8.18. The normalized spacial score (nSPS) is 12.3. The predicted molar refractivity (Wildman–Crippen MR) is 64.1 cm³/mol. The molecule has 0 radical (unpaired) electrons. The van der Waals surface area contributed by atoms with Gasteiger partial charge in [0.15, 0.2) is 0 Å². The minimum atomic E-state index is -0.0990. The third kappa shape index (κ3) is 2.32. The summed E-state index contributed by atoms with van der Waals surface area (Å²) in [4.78, 5) is 2.99. The topological polar surface area (TPSA) is 41.8 Å². The van der Waals surface area contributed by atoms with E-state index in [-0.39, 0.29) is 6.04 Å². The van der Waals surface area contributed by atoms with E-state index in [1.54, 1.807) is 0 Å². The van der Waals surface area contributed by atoms with Crippen molar-refractivity contribution in [3.63, 3.8) is 0 Å². The standard InChI is InChI=1S/C12H12N2S/c13-12(9-4-2-1-3-5-9)10-6-7-11(15)14-8-10/h1-8,12H,13H2,(H,14,15)/t12-/m1/s1. The van der Waals surface area contributed by atoms with Crippen molar-refractivity contribution in [1.82, 2.24) is 4.98 Å².